The van der Waals surface area contributed by atoms with Crippen LogP contribution in [-0.4, -0.2) is 49.5 Å². The van der Waals surface area contributed by atoms with E-state index in [1.165, 1.54) is 0 Å². The Morgan fingerprint density at radius 2 is 1.69 bits per heavy atom. The topological polar surface area (TPSA) is 87.9 Å². The van der Waals surface area contributed by atoms with E-state index in [0.717, 1.165) is 30.9 Å². The van der Waals surface area contributed by atoms with Crippen LogP contribution < -0.4 is 20.8 Å². The number of primary amides is 1. The smallest absolute Gasteiger partial charge is 0.250 e. The number of carbonyl (C=O) groups is 2. The molecule has 1 aliphatic rings. The van der Waals surface area contributed by atoms with E-state index in [4.69, 9.17) is 10.5 Å². The van der Waals surface area contributed by atoms with Crippen molar-refractivity contribution in [2.45, 2.75) is 19.9 Å². The van der Waals surface area contributed by atoms with Crippen molar-refractivity contribution in [2.75, 3.05) is 37.8 Å². The summed E-state index contributed by atoms with van der Waals surface area (Å²) in [5.74, 6) is 0.112. The van der Waals surface area contributed by atoms with E-state index in [2.05, 4.69) is 22.3 Å². The summed E-state index contributed by atoms with van der Waals surface area (Å²) < 4.78 is 5.63. The summed E-state index contributed by atoms with van der Waals surface area (Å²) in [5, 5.41) is 7.95. The van der Waals surface area contributed by atoms with Gasteiger partial charge in [0.2, 0.25) is 0 Å². The van der Waals surface area contributed by atoms with Crippen molar-refractivity contribution < 1.29 is 14.3 Å². The van der Waals surface area contributed by atoms with Crippen molar-refractivity contribution in [3.8, 4) is 5.75 Å². The van der Waals surface area contributed by atoms with Gasteiger partial charge in [0.15, 0.2) is 5.78 Å². The molecule has 4 rings (SSSR count). The molecule has 1 unspecified atom stereocenters. The van der Waals surface area contributed by atoms with Gasteiger partial charge in [0.1, 0.15) is 5.75 Å². The number of ketones is 1. The van der Waals surface area contributed by atoms with E-state index in [1.54, 1.807) is 12.1 Å². The van der Waals surface area contributed by atoms with Gasteiger partial charge in [-0.05, 0) is 43.7 Å². The molecular weight excluding hydrogens is 440 g/mol. The van der Waals surface area contributed by atoms with Crippen molar-refractivity contribution in [1.82, 2.24) is 10.3 Å². The molecule has 3 aromatic carbocycles. The minimum Gasteiger partial charge on any atom is -0.493 e. The SMILES string of the molecule is CCOc1ccccc1C(=O)c1ccc(C2CN(N(CC)c3ccccc3C(N)=O)CCN2)cc1. The second kappa shape index (κ2) is 11.2. The number of para-hydroxylation sites is 2. The Morgan fingerprint density at radius 1 is 1.00 bits per heavy atom. The molecule has 0 aromatic heterocycles. The summed E-state index contributed by atoms with van der Waals surface area (Å²) in [6.45, 7) is 7.51. The number of nitrogens with one attached hydrogen (secondary N) is 1. The Bertz CT molecular complexity index is 1180. The molecule has 7 heteroatoms. The van der Waals surface area contributed by atoms with Crippen LogP contribution in [0.5, 0.6) is 5.75 Å². The van der Waals surface area contributed by atoms with Crippen LogP contribution in [0.2, 0.25) is 0 Å². The first-order valence-electron chi connectivity index (χ1n) is 12.0. The molecule has 3 N–H and O–H groups in total. The number of carbonyl (C=O) groups excluding carboxylic acids is 2. The number of hydrogen-bond donors (Lipinski definition) is 2. The van der Waals surface area contributed by atoms with E-state index >= 15 is 0 Å². The first-order chi connectivity index (χ1) is 17.0. The highest BCUT2D eigenvalue weighted by Crippen LogP contribution is 2.27. The number of hydrazine groups is 1. The molecular formula is C28H32N4O3. The third kappa shape index (κ3) is 5.37. The standard InChI is InChI=1S/C28H32N4O3/c1-3-32(25-11-7-5-9-22(25)28(29)34)31-18-17-30-24(19-31)20-13-15-21(16-14-20)27(33)23-10-6-8-12-26(23)35-4-2/h5-16,24,30H,3-4,17-19H2,1-2H3,(H2,29,34). The highest BCUT2D eigenvalue weighted by atomic mass is 16.5. The van der Waals surface area contributed by atoms with Gasteiger partial charge in [-0.15, -0.1) is 0 Å². The van der Waals surface area contributed by atoms with E-state index in [1.807, 2.05) is 67.6 Å². The Balaban J connectivity index is 1.52. The number of piperazine rings is 1. The molecule has 0 aliphatic carbocycles. The maximum atomic E-state index is 13.1. The van der Waals surface area contributed by atoms with Crippen LogP contribution >= 0.6 is 0 Å². The molecule has 1 atom stereocenters. The average Bonchev–Trinajstić information content (AvgIpc) is 2.90. The number of ether oxygens (including phenoxy) is 1. The number of nitrogens with zero attached hydrogens (tertiary/aromatic N) is 2. The van der Waals surface area contributed by atoms with Crippen LogP contribution in [0.3, 0.4) is 0 Å². The van der Waals surface area contributed by atoms with Crippen LogP contribution in [0.4, 0.5) is 5.69 Å². The number of amides is 1. The molecule has 0 saturated carbocycles. The molecule has 0 bridgehead atoms. The van der Waals surface area contributed by atoms with Crippen LogP contribution in [-0.2, 0) is 0 Å². The van der Waals surface area contributed by atoms with Gasteiger partial charge >= 0.3 is 0 Å². The maximum absolute atomic E-state index is 13.1. The molecule has 0 radical (unpaired) electrons. The maximum Gasteiger partial charge on any atom is 0.250 e. The second-order valence-electron chi connectivity index (χ2n) is 8.40. The highest BCUT2D eigenvalue weighted by molar-refractivity contribution is 6.10. The Hall–Kier alpha value is -3.68. The molecule has 182 valence electrons. The van der Waals surface area contributed by atoms with Crippen molar-refractivity contribution in [2.24, 2.45) is 5.73 Å². The van der Waals surface area contributed by atoms with E-state index < -0.39 is 5.91 Å². The monoisotopic (exact) mass is 472 g/mol. The van der Waals surface area contributed by atoms with Gasteiger partial charge < -0.3 is 20.8 Å². The molecule has 7 nitrogen and oxygen atoms in total. The molecule has 1 amide bonds. The van der Waals surface area contributed by atoms with Gasteiger partial charge in [-0.3, -0.25) is 9.59 Å². The Labute approximate surface area is 206 Å². The number of rotatable bonds is 9. The summed E-state index contributed by atoms with van der Waals surface area (Å²) in [4.78, 5) is 25.1. The fraction of sp³-hybridized carbons (Fsp3) is 0.286. The minimum atomic E-state index is -0.433. The van der Waals surface area contributed by atoms with Gasteiger partial charge in [0, 0.05) is 37.8 Å². The zero-order valence-electron chi connectivity index (χ0n) is 20.2. The minimum absolute atomic E-state index is 0.0564. The first-order valence-corrected chi connectivity index (χ1v) is 12.0. The average molecular weight is 473 g/mol. The zero-order chi connectivity index (χ0) is 24.8. The van der Waals surface area contributed by atoms with E-state index in [9.17, 15) is 9.59 Å². The quantitative estimate of drug-likeness (QED) is 0.461. The molecule has 3 aromatic rings. The number of benzene rings is 3. The zero-order valence-corrected chi connectivity index (χ0v) is 20.2. The fourth-order valence-corrected chi connectivity index (χ4v) is 4.56. The number of anilines is 1. The molecule has 35 heavy (non-hydrogen) atoms. The van der Waals surface area contributed by atoms with Crippen molar-refractivity contribution >= 4 is 17.4 Å². The summed E-state index contributed by atoms with van der Waals surface area (Å²) >= 11 is 0. The summed E-state index contributed by atoms with van der Waals surface area (Å²) in [5.41, 5.74) is 9.25. The number of nitrogens with two attached hydrogens (primary N) is 1. The number of hydrogen-bond acceptors (Lipinski definition) is 6. The lowest BCUT2D eigenvalue weighted by molar-refractivity contribution is 0.0997. The van der Waals surface area contributed by atoms with Crippen molar-refractivity contribution in [1.29, 1.82) is 0 Å². The van der Waals surface area contributed by atoms with E-state index in [0.29, 0.717) is 35.6 Å². The Morgan fingerprint density at radius 3 is 2.37 bits per heavy atom. The normalized spacial score (nSPS) is 16.0. The third-order valence-corrected chi connectivity index (χ3v) is 6.25. The lowest BCUT2D eigenvalue weighted by Gasteiger charge is -2.42. The molecule has 1 aliphatic heterocycles. The van der Waals surface area contributed by atoms with Gasteiger partial charge in [0.05, 0.1) is 23.4 Å². The largest absolute Gasteiger partial charge is 0.493 e. The van der Waals surface area contributed by atoms with Gasteiger partial charge in [-0.25, -0.2) is 5.01 Å². The molecule has 1 fully saturated rings. The molecule has 1 heterocycles. The van der Waals surface area contributed by atoms with Gasteiger partial charge in [-0.1, -0.05) is 48.5 Å². The van der Waals surface area contributed by atoms with Crippen molar-refractivity contribution in [3.05, 3.63) is 95.1 Å². The Kier molecular flexibility index (Phi) is 7.80. The van der Waals surface area contributed by atoms with Crippen LogP contribution in [0.25, 0.3) is 0 Å². The highest BCUT2D eigenvalue weighted by Gasteiger charge is 2.27. The lowest BCUT2D eigenvalue weighted by Crippen LogP contribution is -2.54. The van der Waals surface area contributed by atoms with Crippen LogP contribution in [0.15, 0.2) is 72.8 Å². The van der Waals surface area contributed by atoms with E-state index in [-0.39, 0.29) is 11.8 Å². The summed E-state index contributed by atoms with van der Waals surface area (Å²) in [6.07, 6.45) is 0. The second-order valence-corrected chi connectivity index (χ2v) is 8.40. The lowest BCUT2D eigenvalue weighted by atomic mass is 9.98. The first kappa shape index (κ1) is 24.4. The summed E-state index contributed by atoms with van der Waals surface area (Å²) in [7, 11) is 0. The van der Waals surface area contributed by atoms with Gasteiger partial charge in [0.25, 0.3) is 5.91 Å². The molecule has 1 saturated heterocycles. The fourth-order valence-electron chi connectivity index (χ4n) is 4.56. The predicted octanol–water partition coefficient (Wildman–Crippen LogP) is 3.80. The van der Waals surface area contributed by atoms with Crippen LogP contribution in [0.1, 0.15) is 51.7 Å². The van der Waals surface area contributed by atoms with Crippen LogP contribution in [0, 0.1) is 0 Å². The predicted molar refractivity (Wildman–Crippen MR) is 138 cm³/mol. The summed E-state index contributed by atoms with van der Waals surface area (Å²) in [6, 6.07) is 22.6. The van der Waals surface area contributed by atoms with Gasteiger partial charge in [-0.2, -0.15) is 0 Å². The molecule has 0 spiro atoms. The third-order valence-electron chi connectivity index (χ3n) is 6.25. The van der Waals surface area contributed by atoms with Crippen molar-refractivity contribution in [3.63, 3.8) is 0 Å².